The normalized spacial score (nSPS) is 35.1. The molecule has 1 aromatic heterocycles. The van der Waals surface area contributed by atoms with E-state index >= 15 is 8.78 Å². The third-order valence-corrected chi connectivity index (χ3v) is 7.86. The van der Waals surface area contributed by atoms with Crippen molar-refractivity contribution in [2.45, 2.75) is 55.4 Å². The third-order valence-electron chi connectivity index (χ3n) is 7.86. The average Bonchev–Trinajstić information content (AvgIpc) is 3.05. The Bertz CT molecular complexity index is 1160. The molecule has 4 heterocycles. The second-order valence-electron chi connectivity index (χ2n) is 9.40. The fourth-order valence-corrected chi connectivity index (χ4v) is 6.64. The number of fused-ring (bicyclic) bond motifs is 4. The molecular weight excluding hydrogens is 438 g/mol. The first-order chi connectivity index (χ1) is 15.5. The molecule has 1 aromatic carbocycles. The zero-order valence-electron chi connectivity index (χ0n) is 18.5. The van der Waals surface area contributed by atoms with Gasteiger partial charge in [-0.2, -0.15) is 0 Å². The quantitative estimate of drug-likeness (QED) is 0.656. The average molecular weight is 464 g/mol. The van der Waals surface area contributed by atoms with Crippen molar-refractivity contribution in [3.05, 3.63) is 35.5 Å². The molecule has 6 atom stereocenters. The molecule has 2 aromatic rings. The van der Waals surface area contributed by atoms with Crippen LogP contribution in [0.15, 0.2) is 24.3 Å². The molecule has 1 saturated carbocycles. The summed E-state index contributed by atoms with van der Waals surface area (Å²) in [6.45, 7) is 0.733. The van der Waals surface area contributed by atoms with Crippen LogP contribution in [-0.4, -0.2) is 76.3 Å². The van der Waals surface area contributed by atoms with Crippen molar-refractivity contribution in [1.82, 2.24) is 9.47 Å². The molecule has 10 heteroatoms. The highest BCUT2D eigenvalue weighted by molar-refractivity contribution is 5.98. The summed E-state index contributed by atoms with van der Waals surface area (Å²) in [5, 5.41) is 23.2. The molecule has 4 bridgehead atoms. The molecule has 4 aliphatic rings. The van der Waals surface area contributed by atoms with Crippen LogP contribution in [0, 0.1) is 5.92 Å². The number of aliphatic hydroxyl groups is 2. The van der Waals surface area contributed by atoms with E-state index in [2.05, 4.69) is 0 Å². The number of alkyl halides is 2. The van der Waals surface area contributed by atoms with E-state index in [0.29, 0.717) is 23.4 Å². The van der Waals surface area contributed by atoms with Gasteiger partial charge in [-0.1, -0.05) is 18.2 Å². The highest BCUT2D eigenvalue weighted by Crippen LogP contribution is 2.61. The van der Waals surface area contributed by atoms with Crippen LogP contribution < -0.4 is 0 Å². The van der Waals surface area contributed by atoms with Gasteiger partial charge in [-0.25, -0.2) is 18.1 Å². The number of benzene rings is 1. The van der Waals surface area contributed by atoms with Crippen molar-refractivity contribution in [1.29, 1.82) is 0 Å². The van der Waals surface area contributed by atoms with Crippen LogP contribution in [0.1, 0.15) is 31.0 Å². The van der Waals surface area contributed by atoms with Gasteiger partial charge in [-0.3, -0.25) is 9.69 Å². The number of esters is 1. The van der Waals surface area contributed by atoms with E-state index in [1.54, 1.807) is 24.3 Å². The van der Waals surface area contributed by atoms with Crippen LogP contribution in [0.3, 0.4) is 0 Å². The highest BCUT2D eigenvalue weighted by Gasteiger charge is 2.75. The topological polar surface area (TPSA) is 101 Å². The maximum atomic E-state index is 15.1. The molecule has 0 radical (unpaired) electrons. The van der Waals surface area contributed by atoms with Gasteiger partial charge in [0.2, 0.25) is 0 Å². The molecule has 2 N–H and O–H groups in total. The molecule has 1 aliphatic carbocycles. The number of hydrogen-bond acceptors (Lipinski definition) is 7. The zero-order valence-corrected chi connectivity index (χ0v) is 18.5. The van der Waals surface area contributed by atoms with Crippen molar-refractivity contribution in [3.8, 4) is 0 Å². The number of para-hydroxylation sites is 1. The molecule has 3 aliphatic heterocycles. The Hall–Kier alpha value is -2.56. The van der Waals surface area contributed by atoms with Crippen molar-refractivity contribution >= 4 is 23.0 Å². The summed E-state index contributed by atoms with van der Waals surface area (Å²) in [6.07, 6.45) is -2.06. The molecule has 8 nitrogen and oxygen atoms in total. The molecule has 0 spiro atoms. The van der Waals surface area contributed by atoms with E-state index in [9.17, 15) is 19.8 Å². The SMILES string of the molecule is COC(=O)n1c2c(c3ccccc31)CCN1C(O)C3CC2(C(=O)OC)C1C(O)(C(C)(F)F)C3. The number of rotatable bonds is 2. The summed E-state index contributed by atoms with van der Waals surface area (Å²) < 4.78 is 41.5. The van der Waals surface area contributed by atoms with Gasteiger partial charge in [-0.05, 0) is 30.9 Å². The van der Waals surface area contributed by atoms with E-state index in [-0.39, 0.29) is 31.5 Å². The zero-order chi connectivity index (χ0) is 23.9. The standard InChI is InChI=1S/C23H26F2N2O6/c1-21(24,25)23(31)11-12-10-22(19(29)32-2)16-14(8-9-26(17(12)28)18(22)23)13-6-4-5-7-15(13)27(16)20(30)33-3/h4-7,12,17-18,28,31H,8-11H2,1-3H3. The predicted octanol–water partition coefficient (Wildman–Crippen LogP) is 2.02. The lowest BCUT2D eigenvalue weighted by Crippen LogP contribution is -2.80. The minimum absolute atomic E-state index is 0.0548. The summed E-state index contributed by atoms with van der Waals surface area (Å²) in [4.78, 5) is 28.0. The minimum Gasteiger partial charge on any atom is -0.468 e. The molecule has 0 amide bonds. The lowest BCUT2D eigenvalue weighted by Gasteiger charge is -2.63. The maximum absolute atomic E-state index is 15.1. The van der Waals surface area contributed by atoms with Gasteiger partial charge in [0, 0.05) is 24.8 Å². The first-order valence-corrected chi connectivity index (χ1v) is 10.9. The van der Waals surface area contributed by atoms with Gasteiger partial charge in [0.25, 0.3) is 5.92 Å². The fourth-order valence-electron chi connectivity index (χ4n) is 6.64. The summed E-state index contributed by atoms with van der Waals surface area (Å²) in [7, 11) is 2.35. The van der Waals surface area contributed by atoms with Crippen LogP contribution in [0.5, 0.6) is 0 Å². The summed E-state index contributed by atoms with van der Waals surface area (Å²) >= 11 is 0. The lowest BCUT2D eigenvalue weighted by molar-refractivity contribution is -0.298. The Kier molecular flexibility index (Phi) is 4.70. The van der Waals surface area contributed by atoms with Gasteiger partial charge in [0.15, 0.2) is 0 Å². The van der Waals surface area contributed by atoms with Crippen molar-refractivity contribution in [2.75, 3.05) is 20.8 Å². The van der Waals surface area contributed by atoms with Gasteiger partial charge in [-0.15, -0.1) is 0 Å². The predicted molar refractivity (Wildman–Crippen MR) is 112 cm³/mol. The van der Waals surface area contributed by atoms with Crippen LogP contribution in [0.25, 0.3) is 10.9 Å². The monoisotopic (exact) mass is 464 g/mol. The number of aromatic nitrogens is 1. The Morgan fingerprint density at radius 1 is 1.18 bits per heavy atom. The first-order valence-electron chi connectivity index (χ1n) is 10.9. The number of nitrogens with zero attached hydrogens (tertiary/aromatic N) is 2. The largest absolute Gasteiger partial charge is 0.468 e. The Balaban J connectivity index is 1.93. The van der Waals surface area contributed by atoms with Crippen molar-refractivity contribution in [2.24, 2.45) is 5.92 Å². The molecule has 6 unspecified atom stereocenters. The number of methoxy groups -OCH3 is 2. The van der Waals surface area contributed by atoms with Crippen LogP contribution >= 0.6 is 0 Å². The second kappa shape index (κ2) is 6.97. The van der Waals surface area contributed by atoms with E-state index in [0.717, 1.165) is 7.11 Å². The molecule has 3 fully saturated rings. The highest BCUT2D eigenvalue weighted by atomic mass is 19.3. The van der Waals surface area contributed by atoms with E-state index in [4.69, 9.17) is 9.47 Å². The van der Waals surface area contributed by atoms with Crippen LogP contribution in [0.2, 0.25) is 0 Å². The number of halogens is 2. The van der Waals surface area contributed by atoms with Crippen molar-refractivity contribution < 1.29 is 38.1 Å². The number of piperidine rings is 2. The Labute approximate surface area is 188 Å². The second-order valence-corrected chi connectivity index (χ2v) is 9.40. The van der Waals surface area contributed by atoms with Crippen LogP contribution in [0.4, 0.5) is 13.6 Å². The van der Waals surface area contributed by atoms with Crippen molar-refractivity contribution in [3.63, 3.8) is 0 Å². The summed E-state index contributed by atoms with van der Waals surface area (Å²) in [5.74, 6) is -5.28. The summed E-state index contributed by atoms with van der Waals surface area (Å²) in [6, 6.07) is 5.47. The van der Waals surface area contributed by atoms with Gasteiger partial charge < -0.3 is 19.7 Å². The number of hydrogen-bond donors (Lipinski definition) is 2. The Morgan fingerprint density at radius 2 is 1.88 bits per heavy atom. The molecule has 2 saturated heterocycles. The smallest absolute Gasteiger partial charge is 0.418 e. The van der Waals surface area contributed by atoms with Gasteiger partial charge in [0.1, 0.15) is 17.2 Å². The van der Waals surface area contributed by atoms with Gasteiger partial charge in [0.05, 0.1) is 31.5 Å². The molecule has 6 rings (SSSR count). The number of aliphatic hydroxyl groups excluding tert-OH is 1. The molecule has 178 valence electrons. The molecule has 33 heavy (non-hydrogen) atoms. The number of carbonyl (C=O) groups excluding carboxylic acids is 2. The number of ether oxygens (including phenoxy) is 2. The Morgan fingerprint density at radius 3 is 2.52 bits per heavy atom. The third kappa shape index (κ3) is 2.59. The first kappa shape index (κ1) is 22.2. The van der Waals surface area contributed by atoms with E-state index in [1.165, 1.54) is 16.6 Å². The van der Waals surface area contributed by atoms with Gasteiger partial charge >= 0.3 is 12.1 Å². The lowest BCUT2D eigenvalue weighted by atomic mass is 9.53. The minimum atomic E-state index is -3.60. The maximum Gasteiger partial charge on any atom is 0.418 e. The van der Waals surface area contributed by atoms with E-state index in [1.807, 2.05) is 0 Å². The van der Waals surface area contributed by atoms with Crippen LogP contribution in [-0.2, 0) is 26.1 Å². The summed E-state index contributed by atoms with van der Waals surface area (Å²) in [5.41, 5.74) is -3.19. The fraction of sp³-hybridized carbons (Fsp3) is 0.565. The van der Waals surface area contributed by atoms with E-state index < -0.39 is 47.2 Å². The number of carbonyl (C=O) groups is 2. The molecular formula is C23H26F2N2O6.